The van der Waals surface area contributed by atoms with Crippen LogP contribution in [-0.2, 0) is 0 Å². The number of carboxylic acids is 1. The molecule has 9 nitrogen and oxygen atoms in total. The molecule has 34 heavy (non-hydrogen) atoms. The average molecular weight is 499 g/mol. The number of nitrogens with zero attached hydrogens (tertiary/aromatic N) is 1. The Labute approximate surface area is 206 Å². The Bertz CT molecular complexity index is 1260. The summed E-state index contributed by atoms with van der Waals surface area (Å²) in [6.07, 6.45) is 0.842. The van der Waals surface area contributed by atoms with Crippen molar-refractivity contribution in [3.8, 4) is 5.75 Å². The van der Waals surface area contributed by atoms with E-state index in [1.54, 1.807) is 29.6 Å². The van der Waals surface area contributed by atoms with E-state index in [1.807, 2.05) is 24.3 Å². The van der Waals surface area contributed by atoms with E-state index in [9.17, 15) is 15.0 Å². The zero-order valence-electron chi connectivity index (χ0n) is 18.1. The monoisotopic (exact) mass is 498 g/mol. The zero-order chi connectivity index (χ0) is 24.1. The highest BCUT2D eigenvalue weighted by Crippen LogP contribution is 2.30. The van der Waals surface area contributed by atoms with Crippen molar-refractivity contribution >= 4 is 53.3 Å². The number of aromatic amines is 2. The maximum Gasteiger partial charge on any atom is 0.337 e. The van der Waals surface area contributed by atoms with Gasteiger partial charge in [0.25, 0.3) is 0 Å². The van der Waals surface area contributed by atoms with E-state index in [2.05, 4.69) is 20.6 Å². The Morgan fingerprint density at radius 2 is 1.97 bits per heavy atom. The molecule has 1 aromatic heterocycles. The number of benzene rings is 2. The first kappa shape index (κ1) is 23.7. The van der Waals surface area contributed by atoms with Crippen LogP contribution in [0.15, 0.2) is 48.5 Å². The van der Waals surface area contributed by atoms with Crippen molar-refractivity contribution in [2.24, 2.45) is 0 Å². The Hall–Kier alpha value is -3.41. The molecule has 0 aliphatic carbocycles. The first-order chi connectivity index (χ1) is 16.4. The summed E-state index contributed by atoms with van der Waals surface area (Å²) in [5.74, 6) is 0.159. The van der Waals surface area contributed by atoms with Gasteiger partial charge in [-0.25, -0.2) is 4.79 Å². The maximum atomic E-state index is 11.7. The summed E-state index contributed by atoms with van der Waals surface area (Å²) >= 11 is 10.3. The molecule has 2 aromatic carbocycles. The summed E-state index contributed by atoms with van der Waals surface area (Å²) in [6.45, 7) is 2.45. The number of aliphatic hydroxyl groups excluding tert-OH is 1. The number of carbonyl (C=O) groups is 1. The van der Waals surface area contributed by atoms with Gasteiger partial charge in [0.2, 0.25) is 0 Å². The second kappa shape index (κ2) is 10.7. The van der Waals surface area contributed by atoms with Crippen LogP contribution in [0.2, 0.25) is 0 Å². The maximum absolute atomic E-state index is 11.7. The standard InChI is InChI=1S/C23H24N5O4S2/c29-16-5-2-8-28(12-16)19-10-17(6-7-18(19)22(30)31)32-13-24-14-3-1-4-15(9-14)25-20-11-21(33)27-23(34)26-20/h1,3-4,6-7,9-12,16,24,29H,2,5,8,13H2,(H,30,31)(H3,25,26,27,33,34). The quantitative estimate of drug-likeness (QED) is 0.192. The average Bonchev–Trinajstić information content (AvgIpc) is 2.78. The molecular weight excluding hydrogens is 474 g/mol. The molecular formula is C23H24N5O4S2. The molecule has 3 aromatic rings. The first-order valence-corrected chi connectivity index (χ1v) is 11.4. The van der Waals surface area contributed by atoms with E-state index < -0.39 is 12.1 Å². The van der Waals surface area contributed by atoms with Crippen LogP contribution in [0.1, 0.15) is 23.2 Å². The molecule has 6 N–H and O–H groups in total. The van der Waals surface area contributed by atoms with Gasteiger partial charge in [-0.15, -0.1) is 0 Å². The number of hydrogen-bond acceptors (Lipinski definition) is 8. The van der Waals surface area contributed by atoms with Gasteiger partial charge in [-0.1, -0.05) is 18.3 Å². The lowest BCUT2D eigenvalue weighted by Crippen LogP contribution is -2.34. The minimum absolute atomic E-state index is 0.157. The molecule has 1 unspecified atom stereocenters. The fraction of sp³-hybridized carbons (Fsp3) is 0.217. The van der Waals surface area contributed by atoms with Crippen molar-refractivity contribution in [2.45, 2.75) is 18.9 Å². The number of piperidine rings is 1. The highest BCUT2D eigenvalue weighted by Gasteiger charge is 2.23. The molecule has 2 heterocycles. The second-order valence-electron chi connectivity index (χ2n) is 7.71. The Morgan fingerprint density at radius 3 is 2.74 bits per heavy atom. The third-order valence-electron chi connectivity index (χ3n) is 5.18. The van der Waals surface area contributed by atoms with Crippen molar-refractivity contribution in [2.75, 3.05) is 28.8 Å². The van der Waals surface area contributed by atoms with Crippen LogP contribution >= 0.6 is 24.4 Å². The minimum Gasteiger partial charge on any atom is -0.478 e. The molecule has 0 saturated carbocycles. The number of nitrogens with one attached hydrogen (secondary N) is 4. The largest absolute Gasteiger partial charge is 0.478 e. The van der Waals surface area contributed by atoms with Gasteiger partial charge in [-0.3, -0.25) is 0 Å². The van der Waals surface area contributed by atoms with Gasteiger partial charge in [-0.05, 0) is 55.4 Å². The summed E-state index contributed by atoms with van der Waals surface area (Å²) < 4.78 is 6.79. The molecule has 177 valence electrons. The number of aromatic carboxylic acids is 1. The van der Waals surface area contributed by atoms with Crippen LogP contribution < -0.4 is 20.3 Å². The zero-order valence-corrected chi connectivity index (χ0v) is 19.7. The lowest BCUT2D eigenvalue weighted by molar-refractivity contribution is 0.0697. The molecule has 0 amide bonds. The number of H-pyrrole nitrogens is 2. The lowest BCUT2D eigenvalue weighted by atomic mass is 10.0. The molecule has 4 rings (SSSR count). The van der Waals surface area contributed by atoms with Gasteiger partial charge in [0, 0.05) is 30.1 Å². The van der Waals surface area contributed by atoms with Gasteiger partial charge >= 0.3 is 5.97 Å². The SMILES string of the molecule is O=C(O)c1ccc(OCNc2cccc(Nc3cc(=S)[nH]c(=S)[nH]3)c2)cc1N1[CH]C(O)CCC1. The number of hydrogen-bond donors (Lipinski definition) is 6. The van der Waals surface area contributed by atoms with Crippen LogP contribution in [0.25, 0.3) is 0 Å². The van der Waals surface area contributed by atoms with Crippen LogP contribution in [-0.4, -0.2) is 45.5 Å². The number of aromatic nitrogens is 2. The topological polar surface area (TPSA) is 126 Å². The Kier molecular flexibility index (Phi) is 7.46. The molecule has 0 bridgehead atoms. The highest BCUT2D eigenvalue weighted by atomic mass is 32.1. The van der Waals surface area contributed by atoms with E-state index >= 15 is 0 Å². The second-order valence-corrected chi connectivity index (χ2v) is 8.56. The van der Waals surface area contributed by atoms with Crippen LogP contribution in [0.4, 0.5) is 22.9 Å². The van der Waals surface area contributed by atoms with Crippen molar-refractivity contribution < 1.29 is 19.7 Å². The fourth-order valence-electron chi connectivity index (χ4n) is 3.65. The summed E-state index contributed by atoms with van der Waals surface area (Å²) in [7, 11) is 0. The summed E-state index contributed by atoms with van der Waals surface area (Å²) in [5, 5.41) is 25.9. The predicted molar refractivity (Wildman–Crippen MR) is 136 cm³/mol. The van der Waals surface area contributed by atoms with Crippen molar-refractivity contribution in [3.63, 3.8) is 0 Å². The van der Waals surface area contributed by atoms with E-state index in [0.717, 1.165) is 17.8 Å². The van der Waals surface area contributed by atoms with E-state index in [0.29, 0.717) is 39.6 Å². The summed E-state index contributed by atoms with van der Waals surface area (Å²) in [4.78, 5) is 19.3. The molecule has 1 atom stereocenters. The van der Waals surface area contributed by atoms with E-state index in [4.69, 9.17) is 29.2 Å². The highest BCUT2D eigenvalue weighted by molar-refractivity contribution is 7.72. The molecule has 1 fully saturated rings. The molecule has 1 aliphatic heterocycles. The fourth-order valence-corrected chi connectivity index (χ4v) is 4.15. The molecule has 1 saturated heterocycles. The molecule has 0 spiro atoms. The first-order valence-electron chi connectivity index (χ1n) is 10.6. The van der Waals surface area contributed by atoms with Gasteiger partial charge in [-0.2, -0.15) is 0 Å². The number of ether oxygens (including phenoxy) is 1. The van der Waals surface area contributed by atoms with Crippen LogP contribution in [0.5, 0.6) is 5.75 Å². The van der Waals surface area contributed by atoms with Crippen molar-refractivity contribution in [1.29, 1.82) is 0 Å². The number of carboxylic acid groups (broad SMARTS) is 1. The third kappa shape index (κ3) is 6.13. The molecule has 11 heteroatoms. The smallest absolute Gasteiger partial charge is 0.337 e. The molecule has 1 aliphatic rings. The normalized spacial score (nSPS) is 15.6. The van der Waals surface area contributed by atoms with Gasteiger partial charge in [0.05, 0.1) is 23.9 Å². The number of aliphatic hydroxyl groups is 1. The van der Waals surface area contributed by atoms with E-state index in [1.165, 1.54) is 6.07 Å². The van der Waals surface area contributed by atoms with E-state index in [-0.39, 0.29) is 12.3 Å². The van der Waals surface area contributed by atoms with Crippen molar-refractivity contribution in [3.05, 3.63) is 70.1 Å². The van der Waals surface area contributed by atoms with Gasteiger partial charge in [0.15, 0.2) is 11.5 Å². The summed E-state index contributed by atoms with van der Waals surface area (Å²) in [6, 6.07) is 14.2. The van der Waals surface area contributed by atoms with Gasteiger partial charge in [0.1, 0.15) is 16.2 Å². The predicted octanol–water partition coefficient (Wildman–Crippen LogP) is 4.81. The van der Waals surface area contributed by atoms with Crippen molar-refractivity contribution in [1.82, 2.24) is 9.97 Å². The van der Waals surface area contributed by atoms with Crippen LogP contribution in [0.3, 0.4) is 0 Å². The third-order valence-corrected chi connectivity index (χ3v) is 5.60. The number of anilines is 4. The van der Waals surface area contributed by atoms with Gasteiger partial charge < -0.3 is 40.5 Å². The summed E-state index contributed by atoms with van der Waals surface area (Å²) in [5.41, 5.74) is 2.29. The number of rotatable bonds is 8. The molecule has 1 radical (unpaired) electrons. The minimum atomic E-state index is -1.03. The Morgan fingerprint density at radius 1 is 1.15 bits per heavy atom. The Balaban J connectivity index is 1.41. The lowest BCUT2D eigenvalue weighted by Gasteiger charge is -2.32. The van der Waals surface area contributed by atoms with Crippen LogP contribution in [0, 0.1) is 16.0 Å².